The van der Waals surface area contributed by atoms with Gasteiger partial charge >= 0.3 is 0 Å². The molecule has 0 saturated carbocycles. The molecular formula is C16H12Cl2O2. The van der Waals surface area contributed by atoms with Crippen LogP contribution in [0.15, 0.2) is 46.9 Å². The van der Waals surface area contributed by atoms with Gasteiger partial charge in [0.15, 0.2) is 0 Å². The highest BCUT2D eigenvalue weighted by molar-refractivity contribution is 6.31. The van der Waals surface area contributed by atoms with Crippen molar-refractivity contribution in [1.82, 2.24) is 0 Å². The van der Waals surface area contributed by atoms with Gasteiger partial charge in [0.1, 0.15) is 17.4 Å². The van der Waals surface area contributed by atoms with Gasteiger partial charge in [-0.05, 0) is 54.4 Å². The highest BCUT2D eigenvalue weighted by Gasteiger charge is 2.16. The third kappa shape index (κ3) is 2.55. The van der Waals surface area contributed by atoms with Crippen molar-refractivity contribution in [3.8, 4) is 0 Å². The third-order valence-electron chi connectivity index (χ3n) is 3.15. The number of aliphatic hydroxyl groups is 1. The largest absolute Gasteiger partial charge is 0.458 e. The first kappa shape index (κ1) is 13.5. The lowest BCUT2D eigenvalue weighted by atomic mass is 10.0. The average molecular weight is 307 g/mol. The van der Waals surface area contributed by atoms with Gasteiger partial charge in [-0.15, -0.1) is 0 Å². The summed E-state index contributed by atoms with van der Waals surface area (Å²) in [7, 11) is 0. The summed E-state index contributed by atoms with van der Waals surface area (Å²) in [6, 6.07) is 12.6. The molecule has 0 saturated heterocycles. The van der Waals surface area contributed by atoms with Crippen LogP contribution >= 0.6 is 23.2 Å². The number of benzene rings is 2. The second-order valence-electron chi connectivity index (χ2n) is 4.80. The number of furan rings is 1. The number of fused-ring (bicyclic) bond motifs is 1. The highest BCUT2D eigenvalue weighted by atomic mass is 35.5. The van der Waals surface area contributed by atoms with E-state index in [2.05, 4.69) is 0 Å². The minimum absolute atomic E-state index is 0.476. The van der Waals surface area contributed by atoms with Gasteiger partial charge in [-0.2, -0.15) is 0 Å². The molecule has 0 fully saturated rings. The van der Waals surface area contributed by atoms with Gasteiger partial charge in [-0.3, -0.25) is 0 Å². The summed E-state index contributed by atoms with van der Waals surface area (Å²) in [6.45, 7) is 1.93. The summed E-state index contributed by atoms with van der Waals surface area (Å²) < 4.78 is 5.67. The van der Waals surface area contributed by atoms with Crippen LogP contribution < -0.4 is 0 Å². The van der Waals surface area contributed by atoms with E-state index in [1.807, 2.05) is 19.1 Å². The molecule has 2 aromatic carbocycles. The van der Waals surface area contributed by atoms with Crippen LogP contribution in [0, 0.1) is 6.92 Å². The molecule has 1 N–H and O–H groups in total. The Hall–Kier alpha value is -1.48. The van der Waals surface area contributed by atoms with Gasteiger partial charge in [0.25, 0.3) is 0 Å². The number of hydrogen-bond acceptors (Lipinski definition) is 2. The normalized spacial score (nSPS) is 12.8. The van der Waals surface area contributed by atoms with Crippen molar-refractivity contribution in [1.29, 1.82) is 0 Å². The Morgan fingerprint density at radius 3 is 2.55 bits per heavy atom. The summed E-state index contributed by atoms with van der Waals surface area (Å²) in [5, 5.41) is 12.5. The third-order valence-corrected chi connectivity index (χ3v) is 3.60. The Morgan fingerprint density at radius 1 is 1.00 bits per heavy atom. The molecule has 1 aromatic heterocycles. The molecule has 1 atom stereocenters. The predicted molar refractivity (Wildman–Crippen MR) is 81.5 cm³/mol. The summed E-state index contributed by atoms with van der Waals surface area (Å²) in [5.41, 5.74) is 2.40. The van der Waals surface area contributed by atoms with E-state index in [9.17, 15) is 5.11 Å². The van der Waals surface area contributed by atoms with Crippen LogP contribution in [0.5, 0.6) is 0 Å². The SMILES string of the molecule is Cc1cc(Cl)cc(C(O)c2cc3cc(Cl)ccc3o2)c1. The number of halogens is 2. The lowest BCUT2D eigenvalue weighted by Gasteiger charge is -2.09. The van der Waals surface area contributed by atoms with E-state index in [0.717, 1.165) is 10.9 Å². The van der Waals surface area contributed by atoms with Crippen molar-refractivity contribution in [3.63, 3.8) is 0 Å². The molecule has 0 radical (unpaired) electrons. The molecule has 1 unspecified atom stereocenters. The molecule has 1 heterocycles. The zero-order valence-corrected chi connectivity index (χ0v) is 12.2. The van der Waals surface area contributed by atoms with E-state index in [-0.39, 0.29) is 0 Å². The summed E-state index contributed by atoms with van der Waals surface area (Å²) in [4.78, 5) is 0. The Balaban J connectivity index is 2.05. The zero-order chi connectivity index (χ0) is 14.3. The van der Waals surface area contributed by atoms with Crippen LogP contribution in [0.4, 0.5) is 0 Å². The second kappa shape index (κ2) is 5.13. The number of hydrogen-bond donors (Lipinski definition) is 1. The summed E-state index contributed by atoms with van der Waals surface area (Å²) in [5.74, 6) is 0.476. The predicted octanol–water partition coefficient (Wildman–Crippen LogP) is 5.13. The maximum Gasteiger partial charge on any atom is 0.138 e. The minimum Gasteiger partial charge on any atom is -0.458 e. The van der Waals surface area contributed by atoms with Gasteiger partial charge in [0, 0.05) is 15.4 Å². The number of aryl methyl sites for hydroxylation is 1. The van der Waals surface area contributed by atoms with E-state index < -0.39 is 6.10 Å². The van der Waals surface area contributed by atoms with Gasteiger partial charge in [-0.1, -0.05) is 29.3 Å². The average Bonchev–Trinajstić information content (AvgIpc) is 2.79. The van der Waals surface area contributed by atoms with Crippen molar-refractivity contribution in [3.05, 3.63) is 69.4 Å². The van der Waals surface area contributed by atoms with Gasteiger partial charge in [0.2, 0.25) is 0 Å². The quantitative estimate of drug-likeness (QED) is 0.712. The fourth-order valence-corrected chi connectivity index (χ4v) is 2.73. The van der Waals surface area contributed by atoms with Crippen molar-refractivity contribution >= 4 is 34.2 Å². The molecule has 0 bridgehead atoms. The van der Waals surface area contributed by atoms with E-state index in [1.54, 1.807) is 30.3 Å². The van der Waals surface area contributed by atoms with Crippen molar-refractivity contribution in [2.75, 3.05) is 0 Å². The van der Waals surface area contributed by atoms with E-state index >= 15 is 0 Å². The fourth-order valence-electron chi connectivity index (χ4n) is 2.26. The number of rotatable bonds is 2. The first-order valence-corrected chi connectivity index (χ1v) is 6.93. The lowest BCUT2D eigenvalue weighted by Crippen LogP contribution is -1.98. The molecule has 3 aromatic rings. The topological polar surface area (TPSA) is 33.4 Å². The van der Waals surface area contributed by atoms with Crippen LogP contribution in [0.1, 0.15) is 23.0 Å². The van der Waals surface area contributed by atoms with Crippen molar-refractivity contribution < 1.29 is 9.52 Å². The molecule has 2 nitrogen and oxygen atoms in total. The lowest BCUT2D eigenvalue weighted by molar-refractivity contribution is 0.192. The molecule has 3 rings (SSSR count). The molecule has 4 heteroatoms. The maximum absolute atomic E-state index is 10.4. The monoisotopic (exact) mass is 306 g/mol. The van der Waals surface area contributed by atoms with E-state index in [0.29, 0.717) is 27.0 Å². The zero-order valence-electron chi connectivity index (χ0n) is 10.7. The molecule has 102 valence electrons. The Kier molecular flexibility index (Phi) is 3.47. The Labute approximate surface area is 126 Å². The van der Waals surface area contributed by atoms with Crippen molar-refractivity contribution in [2.45, 2.75) is 13.0 Å². The Bertz CT molecular complexity index is 757. The van der Waals surface area contributed by atoms with Crippen LogP contribution in [-0.4, -0.2) is 5.11 Å². The van der Waals surface area contributed by atoms with Gasteiger partial charge in [-0.25, -0.2) is 0 Å². The first-order valence-electron chi connectivity index (χ1n) is 6.17. The number of aliphatic hydroxyl groups excluding tert-OH is 1. The molecule has 0 aliphatic rings. The molecule has 0 aliphatic heterocycles. The molecule has 0 spiro atoms. The molecule has 0 amide bonds. The molecular weight excluding hydrogens is 295 g/mol. The van der Waals surface area contributed by atoms with Gasteiger partial charge < -0.3 is 9.52 Å². The van der Waals surface area contributed by atoms with Gasteiger partial charge in [0.05, 0.1) is 0 Å². The van der Waals surface area contributed by atoms with E-state index in [1.165, 1.54) is 0 Å². The van der Waals surface area contributed by atoms with Crippen LogP contribution in [0.25, 0.3) is 11.0 Å². The first-order chi connectivity index (χ1) is 9.52. The highest BCUT2D eigenvalue weighted by Crippen LogP contribution is 2.31. The van der Waals surface area contributed by atoms with E-state index in [4.69, 9.17) is 27.6 Å². The van der Waals surface area contributed by atoms with Crippen LogP contribution in [0.3, 0.4) is 0 Å². The Morgan fingerprint density at radius 2 is 1.80 bits per heavy atom. The summed E-state index contributed by atoms with van der Waals surface area (Å²) >= 11 is 12.0. The fraction of sp³-hybridized carbons (Fsp3) is 0.125. The van der Waals surface area contributed by atoms with Crippen LogP contribution in [0.2, 0.25) is 10.0 Å². The summed E-state index contributed by atoms with van der Waals surface area (Å²) in [6.07, 6.45) is -0.849. The van der Waals surface area contributed by atoms with Crippen LogP contribution in [-0.2, 0) is 0 Å². The molecule has 0 aliphatic carbocycles. The standard InChI is InChI=1S/C16H12Cl2O2/c1-9-4-11(7-13(18)5-9)16(19)15-8-10-6-12(17)2-3-14(10)20-15/h2-8,16,19H,1H3. The minimum atomic E-state index is -0.849. The smallest absolute Gasteiger partial charge is 0.138 e. The maximum atomic E-state index is 10.4. The molecule has 20 heavy (non-hydrogen) atoms. The second-order valence-corrected chi connectivity index (χ2v) is 5.67. The van der Waals surface area contributed by atoms with Crippen molar-refractivity contribution in [2.24, 2.45) is 0 Å².